The van der Waals surface area contributed by atoms with Crippen LogP contribution in [0, 0.1) is 0 Å². The largest absolute Gasteiger partial charge is 0.444 e. The van der Waals surface area contributed by atoms with Gasteiger partial charge in [-0.25, -0.2) is 4.79 Å². The third kappa shape index (κ3) is 7.93. The van der Waals surface area contributed by atoms with Gasteiger partial charge in [0.1, 0.15) is 17.8 Å². The predicted octanol–water partition coefficient (Wildman–Crippen LogP) is 1.05. The van der Waals surface area contributed by atoms with Crippen LogP contribution in [0.2, 0.25) is 0 Å². The van der Waals surface area contributed by atoms with Crippen molar-refractivity contribution in [3.63, 3.8) is 0 Å². The zero-order valence-corrected chi connectivity index (χ0v) is 13.7. The normalized spacial score (nSPS) is 23.2. The molecule has 0 saturated carbocycles. The third-order valence-electron chi connectivity index (χ3n) is 3.08. The summed E-state index contributed by atoms with van der Waals surface area (Å²) in [7, 11) is 0. The molecule has 2 atom stereocenters. The molecular formula is C15H27NO6. The summed E-state index contributed by atoms with van der Waals surface area (Å²) in [6.07, 6.45) is 0.124. The highest BCUT2D eigenvalue weighted by Crippen LogP contribution is 2.12. The summed E-state index contributed by atoms with van der Waals surface area (Å²) in [5.41, 5.74) is -0.513. The molecule has 0 aromatic rings. The van der Waals surface area contributed by atoms with Crippen molar-refractivity contribution < 1.29 is 28.5 Å². The Hall–Kier alpha value is -0.890. The lowest BCUT2D eigenvalue weighted by Crippen LogP contribution is -2.40. The lowest BCUT2D eigenvalue weighted by Gasteiger charge is -2.27. The molecule has 0 aliphatic carbocycles. The van der Waals surface area contributed by atoms with E-state index >= 15 is 0 Å². The second-order valence-corrected chi connectivity index (χ2v) is 6.53. The highest BCUT2D eigenvalue weighted by atomic mass is 16.6. The average molecular weight is 317 g/mol. The van der Waals surface area contributed by atoms with Crippen LogP contribution in [0.3, 0.4) is 0 Å². The molecular weight excluding hydrogens is 290 g/mol. The third-order valence-corrected chi connectivity index (χ3v) is 3.08. The minimum atomic E-state index is -0.513. The quantitative estimate of drug-likeness (QED) is 0.443. The molecule has 2 saturated heterocycles. The zero-order valence-electron chi connectivity index (χ0n) is 13.7. The Morgan fingerprint density at radius 2 is 1.50 bits per heavy atom. The number of amides is 1. The van der Waals surface area contributed by atoms with Gasteiger partial charge in [0.15, 0.2) is 0 Å². The first kappa shape index (κ1) is 17.5. The monoisotopic (exact) mass is 317 g/mol. The van der Waals surface area contributed by atoms with Gasteiger partial charge in [-0.1, -0.05) is 0 Å². The number of hydrogen-bond donors (Lipinski definition) is 0. The van der Waals surface area contributed by atoms with Crippen LogP contribution in [0.5, 0.6) is 0 Å². The van der Waals surface area contributed by atoms with Crippen LogP contribution in [0.25, 0.3) is 0 Å². The van der Waals surface area contributed by atoms with Gasteiger partial charge in [-0.15, -0.1) is 0 Å². The van der Waals surface area contributed by atoms with Crippen LogP contribution in [0.15, 0.2) is 0 Å². The fourth-order valence-corrected chi connectivity index (χ4v) is 1.73. The summed E-state index contributed by atoms with van der Waals surface area (Å²) in [6, 6.07) is 0. The van der Waals surface area contributed by atoms with E-state index in [0.29, 0.717) is 39.5 Å². The smallest absolute Gasteiger partial charge is 0.410 e. The van der Waals surface area contributed by atoms with Crippen molar-refractivity contribution in [3.8, 4) is 0 Å². The first-order valence-electron chi connectivity index (χ1n) is 7.80. The van der Waals surface area contributed by atoms with E-state index < -0.39 is 5.60 Å². The molecule has 0 aromatic carbocycles. The summed E-state index contributed by atoms with van der Waals surface area (Å²) in [6.45, 7) is 10.1. The second-order valence-electron chi connectivity index (χ2n) is 6.53. The molecule has 2 unspecified atom stereocenters. The SMILES string of the molecule is CC(C)(C)OC(=O)N(CCOCC1CO1)CCOCC1CO1. The molecule has 2 rings (SSSR count). The molecule has 2 aliphatic heterocycles. The van der Waals surface area contributed by atoms with Gasteiger partial charge in [0.25, 0.3) is 0 Å². The fraction of sp³-hybridized carbons (Fsp3) is 0.933. The molecule has 0 radical (unpaired) electrons. The Morgan fingerprint density at radius 3 is 1.86 bits per heavy atom. The van der Waals surface area contributed by atoms with Gasteiger partial charge in [0.05, 0.1) is 39.6 Å². The highest BCUT2D eigenvalue weighted by Gasteiger charge is 2.25. The number of carbonyl (C=O) groups excluding carboxylic acids is 1. The minimum absolute atomic E-state index is 0.233. The summed E-state index contributed by atoms with van der Waals surface area (Å²) in [4.78, 5) is 13.8. The maximum absolute atomic E-state index is 12.2. The molecule has 1 amide bonds. The molecule has 0 N–H and O–H groups in total. The summed E-state index contributed by atoms with van der Waals surface area (Å²) < 4.78 is 26.5. The van der Waals surface area contributed by atoms with Gasteiger partial charge >= 0.3 is 6.09 Å². The molecule has 7 heteroatoms. The minimum Gasteiger partial charge on any atom is -0.444 e. The first-order valence-corrected chi connectivity index (χ1v) is 7.80. The van der Waals surface area contributed by atoms with E-state index in [4.69, 9.17) is 23.7 Å². The van der Waals surface area contributed by atoms with Crippen LogP contribution < -0.4 is 0 Å². The number of hydrogen-bond acceptors (Lipinski definition) is 6. The molecule has 2 fully saturated rings. The van der Waals surface area contributed by atoms with E-state index in [1.807, 2.05) is 20.8 Å². The maximum atomic E-state index is 12.2. The van der Waals surface area contributed by atoms with Crippen molar-refractivity contribution in [2.75, 3.05) is 52.7 Å². The number of epoxide rings is 2. The van der Waals surface area contributed by atoms with Gasteiger partial charge in [-0.3, -0.25) is 0 Å². The van der Waals surface area contributed by atoms with E-state index in [0.717, 1.165) is 13.2 Å². The summed E-state index contributed by atoms with van der Waals surface area (Å²) in [5.74, 6) is 0. The summed E-state index contributed by atoms with van der Waals surface area (Å²) >= 11 is 0. The highest BCUT2D eigenvalue weighted by molar-refractivity contribution is 5.68. The standard InChI is InChI=1S/C15H27NO6/c1-15(2,3)22-14(17)16(4-6-18-8-12-10-20-12)5-7-19-9-13-11-21-13/h12-13H,4-11H2,1-3H3. The first-order chi connectivity index (χ1) is 10.4. The maximum Gasteiger partial charge on any atom is 0.410 e. The Bertz CT molecular complexity index is 328. The van der Waals surface area contributed by atoms with Crippen molar-refractivity contribution in [1.29, 1.82) is 0 Å². The number of ether oxygens (including phenoxy) is 5. The Labute approximate surface area is 131 Å². The lowest BCUT2D eigenvalue weighted by molar-refractivity contribution is 0.00839. The molecule has 0 bridgehead atoms. The van der Waals surface area contributed by atoms with Crippen molar-refractivity contribution >= 4 is 6.09 Å². The average Bonchev–Trinajstić information content (AvgIpc) is 3.29. The molecule has 128 valence electrons. The number of carbonyl (C=O) groups is 1. The predicted molar refractivity (Wildman–Crippen MR) is 78.9 cm³/mol. The van der Waals surface area contributed by atoms with Crippen molar-refractivity contribution in [1.82, 2.24) is 4.90 Å². The molecule has 7 nitrogen and oxygen atoms in total. The summed E-state index contributed by atoms with van der Waals surface area (Å²) in [5, 5.41) is 0. The fourth-order valence-electron chi connectivity index (χ4n) is 1.73. The Morgan fingerprint density at radius 1 is 1.05 bits per heavy atom. The zero-order chi connectivity index (χ0) is 16.0. The van der Waals surface area contributed by atoms with E-state index in [2.05, 4.69) is 0 Å². The van der Waals surface area contributed by atoms with E-state index in [-0.39, 0.29) is 18.3 Å². The van der Waals surface area contributed by atoms with E-state index in [1.165, 1.54) is 0 Å². The second kappa shape index (κ2) is 8.10. The molecule has 0 spiro atoms. The lowest BCUT2D eigenvalue weighted by atomic mass is 10.2. The molecule has 2 heterocycles. The van der Waals surface area contributed by atoms with E-state index in [9.17, 15) is 4.79 Å². The van der Waals surface area contributed by atoms with Gasteiger partial charge in [0.2, 0.25) is 0 Å². The molecule has 22 heavy (non-hydrogen) atoms. The van der Waals surface area contributed by atoms with Gasteiger partial charge in [-0.05, 0) is 20.8 Å². The number of nitrogens with zero attached hydrogens (tertiary/aromatic N) is 1. The van der Waals surface area contributed by atoms with Crippen molar-refractivity contribution in [2.24, 2.45) is 0 Å². The van der Waals surface area contributed by atoms with Gasteiger partial charge < -0.3 is 28.6 Å². The van der Waals surface area contributed by atoms with E-state index in [1.54, 1.807) is 4.90 Å². The van der Waals surface area contributed by atoms with Crippen LogP contribution in [-0.4, -0.2) is 81.5 Å². The topological polar surface area (TPSA) is 73.1 Å². The Balaban J connectivity index is 1.66. The molecule has 2 aliphatic rings. The van der Waals surface area contributed by atoms with Crippen LogP contribution >= 0.6 is 0 Å². The van der Waals surface area contributed by atoms with Crippen molar-refractivity contribution in [3.05, 3.63) is 0 Å². The Kier molecular flexibility index (Phi) is 6.43. The molecule has 0 aromatic heterocycles. The number of rotatable bonds is 10. The van der Waals surface area contributed by atoms with Crippen LogP contribution in [0.4, 0.5) is 4.79 Å². The van der Waals surface area contributed by atoms with Gasteiger partial charge in [-0.2, -0.15) is 0 Å². The van der Waals surface area contributed by atoms with Crippen LogP contribution in [-0.2, 0) is 23.7 Å². The van der Waals surface area contributed by atoms with Crippen molar-refractivity contribution in [2.45, 2.75) is 38.6 Å². The van der Waals surface area contributed by atoms with Crippen LogP contribution in [0.1, 0.15) is 20.8 Å². The van der Waals surface area contributed by atoms with Gasteiger partial charge in [0, 0.05) is 13.1 Å².